The van der Waals surface area contributed by atoms with Crippen molar-refractivity contribution in [2.45, 2.75) is 25.5 Å². The largest absolute Gasteiger partial charge is 0.380 e. The molecule has 0 radical (unpaired) electrons. The van der Waals surface area contributed by atoms with Crippen LogP contribution >= 0.6 is 11.6 Å². The van der Waals surface area contributed by atoms with Gasteiger partial charge in [0.05, 0.1) is 11.1 Å². The maximum absolute atomic E-state index is 13.3. The Morgan fingerprint density at radius 1 is 1.55 bits per heavy atom. The molecular formula is C15H22ClFN2O. The number of hydrogen-bond donors (Lipinski definition) is 1. The smallest absolute Gasteiger partial charge is 0.141 e. The SMILES string of the molecule is COC1CN(C(CN)c2ccc(F)c(Cl)c2)CCC1C. The van der Waals surface area contributed by atoms with Gasteiger partial charge in [-0.1, -0.05) is 24.6 Å². The zero-order valence-electron chi connectivity index (χ0n) is 12.0. The van der Waals surface area contributed by atoms with Crippen LogP contribution in [0.5, 0.6) is 0 Å². The summed E-state index contributed by atoms with van der Waals surface area (Å²) in [6, 6.07) is 4.89. The third-order valence-electron chi connectivity index (χ3n) is 4.22. The van der Waals surface area contributed by atoms with Gasteiger partial charge in [-0.25, -0.2) is 4.39 Å². The highest BCUT2D eigenvalue weighted by molar-refractivity contribution is 6.30. The topological polar surface area (TPSA) is 38.5 Å². The number of benzene rings is 1. The average molecular weight is 301 g/mol. The fraction of sp³-hybridized carbons (Fsp3) is 0.600. The van der Waals surface area contributed by atoms with E-state index in [9.17, 15) is 4.39 Å². The summed E-state index contributed by atoms with van der Waals surface area (Å²) in [7, 11) is 1.75. The monoisotopic (exact) mass is 300 g/mol. The molecule has 1 aliphatic heterocycles. The van der Waals surface area contributed by atoms with Crippen LogP contribution in [0.25, 0.3) is 0 Å². The van der Waals surface area contributed by atoms with E-state index in [1.165, 1.54) is 6.07 Å². The summed E-state index contributed by atoms with van der Waals surface area (Å²) >= 11 is 5.87. The van der Waals surface area contributed by atoms with Crippen molar-refractivity contribution < 1.29 is 9.13 Å². The maximum Gasteiger partial charge on any atom is 0.141 e. The van der Waals surface area contributed by atoms with E-state index in [4.69, 9.17) is 22.1 Å². The molecule has 20 heavy (non-hydrogen) atoms. The molecule has 5 heteroatoms. The normalized spacial score (nSPS) is 25.6. The molecule has 1 saturated heterocycles. The van der Waals surface area contributed by atoms with Crippen LogP contribution in [0.3, 0.4) is 0 Å². The second-order valence-corrected chi connectivity index (χ2v) is 5.87. The van der Waals surface area contributed by atoms with Gasteiger partial charge in [-0.05, 0) is 36.6 Å². The summed E-state index contributed by atoms with van der Waals surface area (Å²) in [6.45, 7) is 4.50. The minimum Gasteiger partial charge on any atom is -0.380 e. The summed E-state index contributed by atoms with van der Waals surface area (Å²) < 4.78 is 18.8. The first kappa shape index (κ1) is 15.7. The molecule has 0 saturated carbocycles. The van der Waals surface area contributed by atoms with Crippen molar-refractivity contribution in [3.63, 3.8) is 0 Å². The van der Waals surface area contributed by atoms with E-state index in [1.807, 2.05) is 0 Å². The van der Waals surface area contributed by atoms with E-state index in [1.54, 1.807) is 19.2 Å². The van der Waals surface area contributed by atoms with Gasteiger partial charge < -0.3 is 10.5 Å². The van der Waals surface area contributed by atoms with E-state index in [2.05, 4.69) is 11.8 Å². The maximum atomic E-state index is 13.3. The van der Waals surface area contributed by atoms with Crippen molar-refractivity contribution in [2.24, 2.45) is 11.7 Å². The van der Waals surface area contributed by atoms with Gasteiger partial charge in [0.1, 0.15) is 5.82 Å². The molecule has 3 atom stereocenters. The van der Waals surface area contributed by atoms with E-state index >= 15 is 0 Å². The van der Waals surface area contributed by atoms with Crippen LogP contribution in [-0.4, -0.2) is 37.7 Å². The summed E-state index contributed by atoms with van der Waals surface area (Å²) in [6.07, 6.45) is 1.29. The van der Waals surface area contributed by atoms with Crippen molar-refractivity contribution in [2.75, 3.05) is 26.7 Å². The number of nitrogens with two attached hydrogens (primary N) is 1. The Morgan fingerprint density at radius 3 is 2.90 bits per heavy atom. The van der Waals surface area contributed by atoms with Gasteiger partial charge in [0.2, 0.25) is 0 Å². The lowest BCUT2D eigenvalue weighted by Crippen LogP contribution is -2.47. The van der Waals surface area contributed by atoms with Gasteiger partial charge in [-0.15, -0.1) is 0 Å². The van der Waals surface area contributed by atoms with Crippen LogP contribution in [0.2, 0.25) is 5.02 Å². The third kappa shape index (κ3) is 3.31. The second kappa shape index (κ2) is 6.85. The Morgan fingerprint density at radius 2 is 2.30 bits per heavy atom. The number of likely N-dealkylation sites (tertiary alicyclic amines) is 1. The molecule has 1 heterocycles. The first-order valence-corrected chi connectivity index (χ1v) is 7.36. The van der Waals surface area contributed by atoms with Gasteiger partial charge in [0.25, 0.3) is 0 Å². The minimum absolute atomic E-state index is 0.0539. The lowest BCUT2D eigenvalue weighted by atomic mass is 9.93. The van der Waals surface area contributed by atoms with Gasteiger partial charge in [0.15, 0.2) is 0 Å². The number of halogens is 2. The molecule has 2 N–H and O–H groups in total. The number of ether oxygens (including phenoxy) is 1. The molecule has 2 rings (SSSR count). The lowest BCUT2D eigenvalue weighted by molar-refractivity contribution is -0.0183. The quantitative estimate of drug-likeness (QED) is 0.929. The Hall–Kier alpha value is -0.680. The molecule has 0 aromatic heterocycles. The van der Waals surface area contributed by atoms with Crippen molar-refractivity contribution >= 4 is 11.6 Å². The van der Waals surface area contributed by atoms with E-state index in [0.29, 0.717) is 12.5 Å². The summed E-state index contributed by atoms with van der Waals surface area (Å²) in [5.41, 5.74) is 6.89. The molecule has 1 aromatic rings. The molecule has 1 fully saturated rings. The van der Waals surface area contributed by atoms with Crippen molar-refractivity contribution in [1.29, 1.82) is 0 Å². The fourth-order valence-corrected chi connectivity index (χ4v) is 3.05. The number of hydrogen-bond acceptors (Lipinski definition) is 3. The van der Waals surface area contributed by atoms with Crippen LogP contribution in [0, 0.1) is 11.7 Å². The number of nitrogens with zero attached hydrogens (tertiary/aromatic N) is 1. The number of rotatable bonds is 4. The first-order valence-electron chi connectivity index (χ1n) is 6.98. The van der Waals surface area contributed by atoms with E-state index in [-0.39, 0.29) is 17.2 Å². The zero-order chi connectivity index (χ0) is 14.7. The minimum atomic E-state index is -0.395. The van der Waals surface area contributed by atoms with Crippen LogP contribution in [0.4, 0.5) is 4.39 Å². The van der Waals surface area contributed by atoms with Crippen molar-refractivity contribution in [3.8, 4) is 0 Å². The van der Waals surface area contributed by atoms with E-state index in [0.717, 1.165) is 25.1 Å². The molecule has 0 aliphatic carbocycles. The summed E-state index contributed by atoms with van der Waals surface area (Å²) in [4.78, 5) is 2.30. The highest BCUT2D eigenvalue weighted by atomic mass is 35.5. The molecular weight excluding hydrogens is 279 g/mol. The first-order chi connectivity index (χ1) is 9.56. The molecule has 3 nitrogen and oxygen atoms in total. The predicted octanol–water partition coefficient (Wildman–Crippen LogP) is 2.84. The molecule has 112 valence electrons. The number of piperidine rings is 1. The second-order valence-electron chi connectivity index (χ2n) is 5.46. The van der Waals surface area contributed by atoms with Crippen molar-refractivity contribution in [1.82, 2.24) is 4.90 Å². The predicted molar refractivity (Wildman–Crippen MR) is 79.4 cm³/mol. The number of methoxy groups -OCH3 is 1. The van der Waals surface area contributed by atoms with Gasteiger partial charge >= 0.3 is 0 Å². The standard InChI is InChI=1S/C15H22ClFN2O/c1-10-5-6-19(9-15(10)20-2)14(8-18)11-3-4-13(17)12(16)7-11/h3-4,7,10,14-15H,5-6,8-9,18H2,1-2H3. The lowest BCUT2D eigenvalue weighted by Gasteiger charge is -2.40. The van der Waals surface area contributed by atoms with Crippen LogP contribution in [-0.2, 0) is 4.74 Å². The highest BCUT2D eigenvalue weighted by Crippen LogP contribution is 2.29. The van der Waals surface area contributed by atoms with Crippen molar-refractivity contribution in [3.05, 3.63) is 34.6 Å². The van der Waals surface area contributed by atoms with Crippen LogP contribution < -0.4 is 5.73 Å². The summed E-state index contributed by atoms with van der Waals surface area (Å²) in [5, 5.41) is 0.148. The van der Waals surface area contributed by atoms with Crippen LogP contribution in [0.15, 0.2) is 18.2 Å². The molecule has 1 aromatic carbocycles. The Labute approximate surface area is 124 Å². The Kier molecular flexibility index (Phi) is 5.38. The molecule has 0 spiro atoms. The Balaban J connectivity index is 2.17. The zero-order valence-corrected chi connectivity index (χ0v) is 12.7. The fourth-order valence-electron chi connectivity index (χ4n) is 2.86. The van der Waals surface area contributed by atoms with Gasteiger partial charge in [-0.2, -0.15) is 0 Å². The van der Waals surface area contributed by atoms with Gasteiger partial charge in [-0.3, -0.25) is 4.90 Å². The van der Waals surface area contributed by atoms with E-state index < -0.39 is 5.82 Å². The molecule has 1 aliphatic rings. The molecule has 0 bridgehead atoms. The Bertz CT molecular complexity index is 457. The third-order valence-corrected chi connectivity index (χ3v) is 4.51. The molecule has 0 amide bonds. The van der Waals surface area contributed by atoms with Gasteiger partial charge in [0, 0.05) is 26.2 Å². The summed E-state index contributed by atoms with van der Waals surface area (Å²) in [5.74, 6) is 0.153. The van der Waals surface area contributed by atoms with Crippen LogP contribution in [0.1, 0.15) is 24.9 Å². The highest BCUT2D eigenvalue weighted by Gasteiger charge is 2.30. The molecule has 3 unspecified atom stereocenters. The average Bonchev–Trinajstić information content (AvgIpc) is 2.45.